The number of carboxylic acid groups (broad SMARTS) is 1. The van der Waals surface area contributed by atoms with Gasteiger partial charge in [-0.3, -0.25) is 4.57 Å². The molecule has 0 bridgehead atoms. The number of H-pyrrole nitrogens is 1. The number of nitrogens with zero attached hydrogens (tertiary/aromatic N) is 1. The Hall–Kier alpha value is -2.34. The Morgan fingerprint density at radius 1 is 1.24 bits per heavy atom. The predicted octanol–water partition coefficient (Wildman–Crippen LogP) is 3.09. The molecule has 21 heavy (non-hydrogen) atoms. The highest BCUT2D eigenvalue weighted by Crippen LogP contribution is 2.24. The summed E-state index contributed by atoms with van der Waals surface area (Å²) in [6, 6.07) is 10.3. The molecule has 0 aliphatic carbocycles. The number of aromatic nitrogens is 2. The molecule has 0 aliphatic heterocycles. The molecule has 5 nitrogen and oxygen atoms in total. The van der Waals surface area contributed by atoms with Crippen molar-refractivity contribution in [2.75, 3.05) is 0 Å². The van der Waals surface area contributed by atoms with Gasteiger partial charge in [-0.05, 0) is 58.7 Å². The van der Waals surface area contributed by atoms with Gasteiger partial charge in [0.1, 0.15) is 0 Å². The van der Waals surface area contributed by atoms with E-state index in [0.717, 1.165) is 10.0 Å². The van der Waals surface area contributed by atoms with Gasteiger partial charge in [0.15, 0.2) is 0 Å². The molecule has 0 saturated heterocycles. The van der Waals surface area contributed by atoms with E-state index in [-0.39, 0.29) is 11.3 Å². The molecule has 0 unspecified atom stereocenters. The molecule has 2 N–H and O–H groups in total. The second-order valence-electron chi connectivity index (χ2n) is 4.76. The highest BCUT2D eigenvalue weighted by Gasteiger charge is 2.13. The number of hydrogen-bond acceptors (Lipinski definition) is 2. The molecule has 0 saturated carbocycles. The van der Waals surface area contributed by atoms with Crippen molar-refractivity contribution in [2.45, 2.75) is 6.92 Å². The minimum Gasteiger partial charge on any atom is -0.478 e. The van der Waals surface area contributed by atoms with E-state index in [9.17, 15) is 9.59 Å². The fourth-order valence-electron chi connectivity index (χ4n) is 2.28. The number of aromatic amines is 1. The van der Waals surface area contributed by atoms with Crippen LogP contribution in [-0.4, -0.2) is 20.6 Å². The first kappa shape index (κ1) is 13.6. The molecule has 0 atom stereocenters. The summed E-state index contributed by atoms with van der Waals surface area (Å²) < 4.78 is 2.32. The molecule has 0 radical (unpaired) electrons. The van der Waals surface area contributed by atoms with E-state index in [2.05, 4.69) is 20.9 Å². The lowest BCUT2D eigenvalue weighted by Gasteiger charge is -2.07. The minimum absolute atomic E-state index is 0.138. The molecule has 3 rings (SSSR count). The summed E-state index contributed by atoms with van der Waals surface area (Å²) in [5, 5.41) is 9.01. The number of aromatic carboxylic acids is 1. The van der Waals surface area contributed by atoms with Gasteiger partial charge in [0, 0.05) is 4.47 Å². The van der Waals surface area contributed by atoms with Crippen LogP contribution in [0.15, 0.2) is 45.7 Å². The number of benzene rings is 2. The highest BCUT2D eigenvalue weighted by molar-refractivity contribution is 9.10. The first-order valence-corrected chi connectivity index (χ1v) is 7.01. The lowest BCUT2D eigenvalue weighted by Crippen LogP contribution is -2.15. The lowest BCUT2D eigenvalue weighted by atomic mass is 10.2. The smallest absolute Gasteiger partial charge is 0.335 e. The predicted molar refractivity (Wildman–Crippen MR) is 83.3 cm³/mol. The lowest BCUT2D eigenvalue weighted by molar-refractivity contribution is 0.0697. The molecule has 6 heteroatoms. The number of aryl methyl sites for hydroxylation is 1. The van der Waals surface area contributed by atoms with E-state index >= 15 is 0 Å². The van der Waals surface area contributed by atoms with Gasteiger partial charge in [-0.25, -0.2) is 9.59 Å². The second-order valence-corrected chi connectivity index (χ2v) is 5.61. The third-order valence-electron chi connectivity index (χ3n) is 3.27. The molecule has 2 aromatic carbocycles. The molecule has 106 valence electrons. The summed E-state index contributed by atoms with van der Waals surface area (Å²) in [6.07, 6.45) is 0. The van der Waals surface area contributed by atoms with Crippen LogP contribution < -0.4 is 5.69 Å². The summed E-state index contributed by atoms with van der Waals surface area (Å²) in [6.45, 7) is 1.94. The zero-order valence-electron chi connectivity index (χ0n) is 11.1. The molecule has 0 amide bonds. The standard InChI is InChI=1S/C15H11BrN2O3/c1-8-2-4-10(16)13(6-8)18-12-5-3-9(14(19)20)7-11(12)17-15(18)21/h2-7H,1H3,(H,17,21)(H,19,20). The van der Waals surface area contributed by atoms with Crippen LogP contribution in [0, 0.1) is 6.92 Å². The summed E-state index contributed by atoms with van der Waals surface area (Å²) >= 11 is 3.44. The summed E-state index contributed by atoms with van der Waals surface area (Å²) in [7, 11) is 0. The molecule has 3 aromatic rings. The summed E-state index contributed by atoms with van der Waals surface area (Å²) in [5.41, 5.74) is 2.70. The Balaban J connectivity index is 2.33. The summed E-state index contributed by atoms with van der Waals surface area (Å²) in [5.74, 6) is -1.03. The van der Waals surface area contributed by atoms with Crippen LogP contribution in [0.2, 0.25) is 0 Å². The van der Waals surface area contributed by atoms with Crippen LogP contribution >= 0.6 is 15.9 Å². The Bertz CT molecular complexity index is 924. The van der Waals surface area contributed by atoms with Crippen molar-refractivity contribution in [3.8, 4) is 5.69 Å². The number of fused-ring (bicyclic) bond motifs is 1. The van der Waals surface area contributed by atoms with Crippen molar-refractivity contribution in [3.05, 3.63) is 62.5 Å². The van der Waals surface area contributed by atoms with Crippen molar-refractivity contribution in [1.29, 1.82) is 0 Å². The SMILES string of the molecule is Cc1ccc(Br)c(-n2c(=O)[nH]c3cc(C(=O)O)ccc32)c1. The first-order chi connectivity index (χ1) is 9.97. The Kier molecular flexibility index (Phi) is 3.17. The third kappa shape index (κ3) is 2.27. The van der Waals surface area contributed by atoms with Crippen LogP contribution in [0.3, 0.4) is 0 Å². The van der Waals surface area contributed by atoms with E-state index in [1.165, 1.54) is 16.7 Å². The van der Waals surface area contributed by atoms with Gasteiger partial charge in [0.05, 0.1) is 22.3 Å². The number of rotatable bonds is 2. The fourth-order valence-corrected chi connectivity index (χ4v) is 2.70. The van der Waals surface area contributed by atoms with Gasteiger partial charge >= 0.3 is 11.7 Å². The van der Waals surface area contributed by atoms with Gasteiger partial charge in [-0.2, -0.15) is 0 Å². The van der Waals surface area contributed by atoms with E-state index < -0.39 is 5.97 Å². The zero-order chi connectivity index (χ0) is 15.1. The van der Waals surface area contributed by atoms with E-state index in [1.807, 2.05) is 25.1 Å². The van der Waals surface area contributed by atoms with E-state index in [1.54, 1.807) is 6.07 Å². The van der Waals surface area contributed by atoms with Crippen LogP contribution in [0.4, 0.5) is 0 Å². The molecule has 0 aliphatic rings. The topological polar surface area (TPSA) is 75.1 Å². The van der Waals surface area contributed by atoms with Gasteiger partial charge in [0.2, 0.25) is 0 Å². The number of imidazole rings is 1. The third-order valence-corrected chi connectivity index (χ3v) is 3.94. The van der Waals surface area contributed by atoms with Crippen LogP contribution in [-0.2, 0) is 0 Å². The van der Waals surface area contributed by atoms with Crippen LogP contribution in [0.25, 0.3) is 16.7 Å². The van der Waals surface area contributed by atoms with Crippen LogP contribution in [0.5, 0.6) is 0 Å². The number of carbonyl (C=O) groups is 1. The maximum atomic E-state index is 12.2. The average molecular weight is 347 g/mol. The fraction of sp³-hybridized carbons (Fsp3) is 0.0667. The normalized spacial score (nSPS) is 11.0. The van der Waals surface area contributed by atoms with E-state index in [4.69, 9.17) is 5.11 Å². The molecule has 1 heterocycles. The number of carboxylic acids is 1. The second kappa shape index (κ2) is 4.89. The van der Waals surface area contributed by atoms with Crippen molar-refractivity contribution in [2.24, 2.45) is 0 Å². The van der Waals surface area contributed by atoms with Gasteiger partial charge in [0.25, 0.3) is 0 Å². The monoisotopic (exact) mass is 346 g/mol. The average Bonchev–Trinajstić information content (AvgIpc) is 2.76. The summed E-state index contributed by atoms with van der Waals surface area (Å²) in [4.78, 5) is 25.9. The Morgan fingerprint density at radius 2 is 2.00 bits per heavy atom. The van der Waals surface area contributed by atoms with Crippen molar-refractivity contribution < 1.29 is 9.90 Å². The maximum absolute atomic E-state index is 12.2. The zero-order valence-corrected chi connectivity index (χ0v) is 12.6. The Labute approximate surface area is 128 Å². The van der Waals surface area contributed by atoms with Crippen molar-refractivity contribution >= 4 is 32.9 Å². The quantitative estimate of drug-likeness (QED) is 0.748. The van der Waals surface area contributed by atoms with Gasteiger partial charge < -0.3 is 10.1 Å². The number of halogens is 1. The first-order valence-electron chi connectivity index (χ1n) is 6.22. The van der Waals surface area contributed by atoms with Gasteiger partial charge in [-0.15, -0.1) is 0 Å². The van der Waals surface area contributed by atoms with Gasteiger partial charge in [-0.1, -0.05) is 6.07 Å². The largest absolute Gasteiger partial charge is 0.478 e. The Morgan fingerprint density at radius 3 is 2.71 bits per heavy atom. The highest BCUT2D eigenvalue weighted by atomic mass is 79.9. The molecule has 1 aromatic heterocycles. The van der Waals surface area contributed by atoms with Crippen LogP contribution in [0.1, 0.15) is 15.9 Å². The molecule has 0 spiro atoms. The molecular weight excluding hydrogens is 336 g/mol. The van der Waals surface area contributed by atoms with E-state index in [0.29, 0.717) is 16.7 Å². The molecular formula is C15H11BrN2O3. The van der Waals surface area contributed by atoms with Crippen molar-refractivity contribution in [3.63, 3.8) is 0 Å². The maximum Gasteiger partial charge on any atom is 0.335 e. The number of hydrogen-bond donors (Lipinski definition) is 2. The van der Waals surface area contributed by atoms with Crippen molar-refractivity contribution in [1.82, 2.24) is 9.55 Å². The molecule has 0 fully saturated rings. The minimum atomic E-state index is -1.03. The number of nitrogens with one attached hydrogen (secondary N) is 1.